The maximum atomic E-state index is 12.3. The van der Waals surface area contributed by atoms with E-state index in [1.807, 2.05) is 4.90 Å². The van der Waals surface area contributed by atoms with Crippen LogP contribution in [0.25, 0.3) is 0 Å². The van der Waals surface area contributed by atoms with E-state index in [2.05, 4.69) is 0 Å². The third-order valence-electron chi connectivity index (χ3n) is 2.67. The van der Waals surface area contributed by atoms with Crippen LogP contribution in [0.4, 0.5) is 13.2 Å². The number of hydrogen-bond acceptors (Lipinski definition) is 4. The Bertz CT molecular complexity index is 250. The summed E-state index contributed by atoms with van der Waals surface area (Å²) in [6, 6.07) is 0. The lowest BCUT2D eigenvalue weighted by molar-refractivity contribution is -0.252. The number of hydrogen-bond donors (Lipinski definition) is 0. The minimum Gasteiger partial charge on any atom is -0.466 e. The second-order valence-electron chi connectivity index (χ2n) is 3.85. The first-order chi connectivity index (χ1) is 7.93. The monoisotopic (exact) mass is 254 g/mol. The van der Waals surface area contributed by atoms with Crippen molar-refractivity contribution >= 4 is 5.97 Å². The molecule has 0 atom stereocenters. The molecule has 0 unspecified atom stereocenters. The van der Waals surface area contributed by atoms with Gasteiger partial charge in [-0.1, -0.05) is 0 Å². The van der Waals surface area contributed by atoms with Gasteiger partial charge in [0.05, 0.1) is 13.0 Å². The van der Waals surface area contributed by atoms with E-state index < -0.39 is 6.30 Å². The Morgan fingerprint density at radius 3 is 2.29 bits per heavy atom. The fourth-order valence-corrected chi connectivity index (χ4v) is 1.71. The SMILES string of the molecule is CCOC(=O)CCN1CCN(C(F)(F)F)CC1. The summed E-state index contributed by atoms with van der Waals surface area (Å²) in [5.41, 5.74) is 0. The van der Waals surface area contributed by atoms with E-state index in [0.717, 1.165) is 0 Å². The van der Waals surface area contributed by atoms with E-state index in [1.165, 1.54) is 0 Å². The van der Waals surface area contributed by atoms with Gasteiger partial charge in [-0.2, -0.15) is 13.2 Å². The zero-order chi connectivity index (χ0) is 12.9. The predicted octanol–water partition coefficient (Wildman–Crippen LogP) is 1.08. The molecule has 1 saturated heterocycles. The van der Waals surface area contributed by atoms with Gasteiger partial charge in [0.1, 0.15) is 0 Å². The molecule has 100 valence electrons. The first-order valence-corrected chi connectivity index (χ1v) is 5.63. The molecule has 1 heterocycles. The van der Waals surface area contributed by atoms with Crippen LogP contribution >= 0.6 is 0 Å². The van der Waals surface area contributed by atoms with Crippen molar-refractivity contribution < 1.29 is 22.7 Å². The van der Waals surface area contributed by atoms with Crippen LogP contribution < -0.4 is 0 Å². The molecule has 1 rings (SSSR count). The first kappa shape index (κ1) is 14.2. The molecular weight excluding hydrogens is 237 g/mol. The van der Waals surface area contributed by atoms with Gasteiger partial charge >= 0.3 is 12.3 Å². The second kappa shape index (κ2) is 6.20. The summed E-state index contributed by atoms with van der Waals surface area (Å²) < 4.78 is 41.7. The average Bonchev–Trinajstić information content (AvgIpc) is 2.26. The predicted molar refractivity (Wildman–Crippen MR) is 55.3 cm³/mol. The number of piperazine rings is 1. The largest absolute Gasteiger partial charge is 0.466 e. The molecule has 17 heavy (non-hydrogen) atoms. The molecular formula is C10H17F3N2O2. The Hall–Kier alpha value is -0.820. The van der Waals surface area contributed by atoms with Crippen LogP contribution in [-0.4, -0.2) is 61.4 Å². The molecule has 1 aliphatic heterocycles. The fraction of sp³-hybridized carbons (Fsp3) is 0.900. The normalized spacial score (nSPS) is 19.3. The summed E-state index contributed by atoms with van der Waals surface area (Å²) in [7, 11) is 0. The standard InChI is InChI=1S/C10H17F3N2O2/c1-2-17-9(16)3-4-14-5-7-15(8-6-14)10(11,12)13/h2-8H2,1H3. The minimum absolute atomic E-state index is 0.0354. The molecule has 1 fully saturated rings. The summed E-state index contributed by atoms with van der Waals surface area (Å²) in [4.78, 5) is 13.4. The first-order valence-electron chi connectivity index (χ1n) is 5.63. The van der Waals surface area contributed by atoms with Crippen molar-refractivity contribution in [3.63, 3.8) is 0 Å². The highest BCUT2D eigenvalue weighted by molar-refractivity contribution is 5.69. The van der Waals surface area contributed by atoms with Gasteiger partial charge in [0.2, 0.25) is 0 Å². The molecule has 4 nitrogen and oxygen atoms in total. The Labute approximate surface area is 98.3 Å². The van der Waals surface area contributed by atoms with E-state index in [0.29, 0.717) is 31.1 Å². The highest BCUT2D eigenvalue weighted by atomic mass is 19.4. The second-order valence-corrected chi connectivity index (χ2v) is 3.85. The van der Waals surface area contributed by atoms with Crippen molar-refractivity contribution in [2.24, 2.45) is 0 Å². The highest BCUT2D eigenvalue weighted by Crippen LogP contribution is 2.22. The summed E-state index contributed by atoms with van der Waals surface area (Å²) in [6.45, 7) is 3.11. The van der Waals surface area contributed by atoms with E-state index >= 15 is 0 Å². The molecule has 0 saturated carbocycles. The maximum Gasteiger partial charge on any atom is 0.460 e. The minimum atomic E-state index is -4.24. The lowest BCUT2D eigenvalue weighted by Crippen LogP contribution is -2.52. The van der Waals surface area contributed by atoms with Gasteiger partial charge in [-0.05, 0) is 6.92 Å². The van der Waals surface area contributed by atoms with Crippen LogP contribution in [0.15, 0.2) is 0 Å². The van der Waals surface area contributed by atoms with Crippen LogP contribution in [0.3, 0.4) is 0 Å². The molecule has 0 bridgehead atoms. The number of carbonyl (C=O) groups is 1. The molecule has 0 aromatic rings. The van der Waals surface area contributed by atoms with Crippen molar-refractivity contribution in [3.05, 3.63) is 0 Å². The van der Waals surface area contributed by atoms with Crippen LogP contribution in [0.5, 0.6) is 0 Å². The molecule has 1 aliphatic rings. The van der Waals surface area contributed by atoms with Crippen molar-refractivity contribution in [2.45, 2.75) is 19.6 Å². The van der Waals surface area contributed by atoms with Crippen molar-refractivity contribution in [1.82, 2.24) is 9.80 Å². The number of ether oxygens (including phenoxy) is 1. The zero-order valence-electron chi connectivity index (χ0n) is 9.79. The van der Waals surface area contributed by atoms with Gasteiger partial charge in [0.25, 0.3) is 0 Å². The zero-order valence-corrected chi connectivity index (χ0v) is 9.79. The Morgan fingerprint density at radius 2 is 1.82 bits per heavy atom. The molecule has 0 N–H and O–H groups in total. The fourth-order valence-electron chi connectivity index (χ4n) is 1.71. The van der Waals surface area contributed by atoms with Crippen LogP contribution in [0, 0.1) is 0 Å². The Morgan fingerprint density at radius 1 is 1.24 bits per heavy atom. The molecule has 0 aliphatic carbocycles. The number of rotatable bonds is 4. The molecule has 0 aromatic heterocycles. The lowest BCUT2D eigenvalue weighted by atomic mass is 10.3. The van der Waals surface area contributed by atoms with Gasteiger partial charge in [0, 0.05) is 32.7 Å². The number of carbonyl (C=O) groups excluding carboxylic acids is 1. The molecule has 0 spiro atoms. The Kier molecular flexibility index (Phi) is 5.20. The summed E-state index contributed by atoms with van der Waals surface area (Å²) in [6.07, 6.45) is -4.01. The molecule has 0 radical (unpaired) electrons. The van der Waals surface area contributed by atoms with E-state index in [1.54, 1.807) is 6.92 Å². The quantitative estimate of drug-likeness (QED) is 0.555. The van der Waals surface area contributed by atoms with E-state index in [4.69, 9.17) is 4.74 Å². The number of esters is 1. The van der Waals surface area contributed by atoms with Gasteiger partial charge in [-0.25, -0.2) is 4.90 Å². The lowest BCUT2D eigenvalue weighted by Gasteiger charge is -2.35. The van der Waals surface area contributed by atoms with Gasteiger partial charge in [-0.3, -0.25) is 4.79 Å². The molecule has 7 heteroatoms. The number of nitrogens with zero attached hydrogens (tertiary/aromatic N) is 2. The van der Waals surface area contributed by atoms with Crippen molar-refractivity contribution in [3.8, 4) is 0 Å². The number of halogens is 3. The van der Waals surface area contributed by atoms with Crippen LogP contribution in [0.1, 0.15) is 13.3 Å². The summed E-state index contributed by atoms with van der Waals surface area (Å²) >= 11 is 0. The topological polar surface area (TPSA) is 32.8 Å². The summed E-state index contributed by atoms with van der Waals surface area (Å²) in [5.74, 6) is -0.300. The van der Waals surface area contributed by atoms with Crippen LogP contribution in [-0.2, 0) is 9.53 Å². The van der Waals surface area contributed by atoms with E-state index in [9.17, 15) is 18.0 Å². The van der Waals surface area contributed by atoms with Crippen LogP contribution in [0.2, 0.25) is 0 Å². The van der Waals surface area contributed by atoms with Gasteiger partial charge in [-0.15, -0.1) is 0 Å². The van der Waals surface area contributed by atoms with E-state index in [-0.39, 0.29) is 25.5 Å². The average molecular weight is 254 g/mol. The van der Waals surface area contributed by atoms with Crippen molar-refractivity contribution in [2.75, 3.05) is 39.3 Å². The van der Waals surface area contributed by atoms with Crippen molar-refractivity contribution in [1.29, 1.82) is 0 Å². The number of alkyl halides is 3. The summed E-state index contributed by atoms with van der Waals surface area (Å²) in [5, 5.41) is 0. The molecule has 0 aromatic carbocycles. The third-order valence-corrected chi connectivity index (χ3v) is 2.67. The van der Waals surface area contributed by atoms with Gasteiger partial charge < -0.3 is 9.64 Å². The smallest absolute Gasteiger partial charge is 0.460 e. The molecule has 0 amide bonds. The maximum absolute atomic E-state index is 12.3. The highest BCUT2D eigenvalue weighted by Gasteiger charge is 2.38. The van der Waals surface area contributed by atoms with Gasteiger partial charge in [0.15, 0.2) is 0 Å². The third kappa shape index (κ3) is 4.91. The Balaban J connectivity index is 2.21.